The molecule has 1 N–H and O–H groups in total. The standard InChI is InChI=1S/C21H19N/c1-21(2)15-9-5-3-7-13(15)19-16(21)11-12-18-20(19)14-8-4-6-10-17(14)22-18/h3-6,8-13,22H,7H2,1-2H3. The van der Waals surface area contributed by atoms with Gasteiger partial charge in [0.15, 0.2) is 0 Å². The number of fused-ring (bicyclic) bond motifs is 7. The third kappa shape index (κ3) is 1.34. The minimum Gasteiger partial charge on any atom is -0.355 e. The first kappa shape index (κ1) is 12.3. The lowest BCUT2D eigenvalue weighted by Gasteiger charge is -2.25. The van der Waals surface area contributed by atoms with E-state index in [1.54, 1.807) is 11.1 Å². The Morgan fingerprint density at radius 3 is 2.82 bits per heavy atom. The quantitative estimate of drug-likeness (QED) is 0.555. The van der Waals surface area contributed by atoms with Crippen LogP contribution in [-0.2, 0) is 5.41 Å². The molecule has 2 aromatic carbocycles. The summed E-state index contributed by atoms with van der Waals surface area (Å²) in [5.74, 6) is 0.540. The van der Waals surface area contributed by atoms with Gasteiger partial charge in [0.2, 0.25) is 0 Å². The molecular weight excluding hydrogens is 266 g/mol. The van der Waals surface area contributed by atoms with Gasteiger partial charge >= 0.3 is 0 Å². The van der Waals surface area contributed by atoms with Gasteiger partial charge in [-0.2, -0.15) is 0 Å². The van der Waals surface area contributed by atoms with Crippen LogP contribution < -0.4 is 0 Å². The second-order valence-corrected chi connectivity index (χ2v) is 7.08. The molecule has 5 rings (SSSR count). The zero-order chi connectivity index (χ0) is 14.9. The van der Waals surface area contributed by atoms with E-state index in [0.717, 1.165) is 6.42 Å². The monoisotopic (exact) mass is 285 g/mol. The van der Waals surface area contributed by atoms with E-state index in [0.29, 0.717) is 5.92 Å². The van der Waals surface area contributed by atoms with Gasteiger partial charge in [-0.05, 0) is 29.7 Å². The first-order chi connectivity index (χ1) is 10.7. The zero-order valence-electron chi connectivity index (χ0n) is 13.0. The van der Waals surface area contributed by atoms with Crippen molar-refractivity contribution in [2.45, 2.75) is 31.6 Å². The van der Waals surface area contributed by atoms with Crippen molar-refractivity contribution >= 4 is 21.8 Å². The van der Waals surface area contributed by atoms with E-state index in [9.17, 15) is 0 Å². The number of nitrogens with one attached hydrogen (secondary N) is 1. The minimum absolute atomic E-state index is 0.136. The normalized spacial score (nSPS) is 21.9. The average molecular weight is 285 g/mol. The summed E-state index contributed by atoms with van der Waals surface area (Å²) in [7, 11) is 0. The molecule has 0 fully saturated rings. The second-order valence-electron chi connectivity index (χ2n) is 7.08. The van der Waals surface area contributed by atoms with Crippen LogP contribution in [0.4, 0.5) is 0 Å². The van der Waals surface area contributed by atoms with Gasteiger partial charge in [0.05, 0.1) is 0 Å². The highest BCUT2D eigenvalue weighted by Gasteiger charge is 2.42. The molecule has 1 heterocycles. The first-order valence-electron chi connectivity index (χ1n) is 8.09. The lowest BCUT2D eigenvalue weighted by Crippen LogP contribution is -2.17. The predicted octanol–water partition coefficient (Wildman–Crippen LogP) is 5.58. The van der Waals surface area contributed by atoms with Gasteiger partial charge < -0.3 is 4.98 Å². The molecule has 0 saturated carbocycles. The topological polar surface area (TPSA) is 15.8 Å². The van der Waals surface area contributed by atoms with Gasteiger partial charge in [0.1, 0.15) is 0 Å². The summed E-state index contributed by atoms with van der Waals surface area (Å²) >= 11 is 0. The Hall–Kier alpha value is -2.28. The molecule has 1 heteroatoms. The Morgan fingerprint density at radius 1 is 1.05 bits per heavy atom. The van der Waals surface area contributed by atoms with E-state index < -0.39 is 0 Å². The fraction of sp³-hybridized carbons (Fsp3) is 0.238. The van der Waals surface area contributed by atoms with Crippen LogP contribution in [0.25, 0.3) is 21.8 Å². The summed E-state index contributed by atoms with van der Waals surface area (Å²) in [5.41, 5.74) is 7.28. The van der Waals surface area contributed by atoms with Crippen molar-refractivity contribution in [1.29, 1.82) is 0 Å². The van der Waals surface area contributed by atoms with Gasteiger partial charge in [-0.15, -0.1) is 0 Å². The van der Waals surface area contributed by atoms with Crippen LogP contribution in [0, 0.1) is 0 Å². The van der Waals surface area contributed by atoms with E-state index in [1.165, 1.54) is 27.4 Å². The van der Waals surface area contributed by atoms with Crippen LogP contribution in [-0.4, -0.2) is 4.98 Å². The van der Waals surface area contributed by atoms with E-state index in [1.807, 2.05) is 0 Å². The Kier molecular flexibility index (Phi) is 2.19. The molecule has 1 aromatic heterocycles. The predicted molar refractivity (Wildman–Crippen MR) is 93.4 cm³/mol. The molecule has 0 aliphatic heterocycles. The van der Waals surface area contributed by atoms with Crippen LogP contribution in [0.1, 0.15) is 37.3 Å². The molecule has 0 amide bonds. The molecule has 0 bridgehead atoms. The molecule has 0 saturated heterocycles. The van der Waals surface area contributed by atoms with E-state index in [2.05, 4.69) is 73.5 Å². The number of allylic oxidation sites excluding steroid dienone is 4. The van der Waals surface area contributed by atoms with Gasteiger partial charge in [-0.1, -0.05) is 61.9 Å². The SMILES string of the molecule is CC1(C)C2=CC=CCC2c2c1ccc1[nH]c3ccccc3c21. The van der Waals surface area contributed by atoms with Crippen LogP contribution in [0.5, 0.6) is 0 Å². The maximum absolute atomic E-state index is 3.59. The van der Waals surface area contributed by atoms with Crippen molar-refractivity contribution in [2.24, 2.45) is 0 Å². The largest absolute Gasteiger partial charge is 0.355 e. The number of hydrogen-bond acceptors (Lipinski definition) is 0. The fourth-order valence-corrected chi connectivity index (χ4v) is 4.58. The number of rotatable bonds is 0. The van der Waals surface area contributed by atoms with E-state index in [4.69, 9.17) is 0 Å². The number of para-hydroxylation sites is 1. The number of hydrogen-bond donors (Lipinski definition) is 1. The lowest BCUT2D eigenvalue weighted by molar-refractivity contribution is 0.612. The minimum atomic E-state index is 0.136. The lowest BCUT2D eigenvalue weighted by atomic mass is 9.79. The second kappa shape index (κ2) is 3.92. The molecular formula is C21H19N. The van der Waals surface area contributed by atoms with Crippen molar-refractivity contribution in [1.82, 2.24) is 4.98 Å². The highest BCUT2D eigenvalue weighted by Crippen LogP contribution is 2.55. The van der Waals surface area contributed by atoms with Gasteiger partial charge in [-0.3, -0.25) is 0 Å². The van der Waals surface area contributed by atoms with Crippen LogP contribution in [0.2, 0.25) is 0 Å². The maximum Gasteiger partial charge on any atom is 0.0468 e. The fourth-order valence-electron chi connectivity index (χ4n) is 4.58. The molecule has 0 radical (unpaired) electrons. The Bertz CT molecular complexity index is 982. The molecule has 1 unspecified atom stereocenters. The number of H-pyrrole nitrogens is 1. The highest BCUT2D eigenvalue weighted by atomic mass is 14.7. The summed E-state index contributed by atoms with van der Waals surface area (Å²) in [4.78, 5) is 3.59. The Balaban J connectivity index is 1.97. The summed E-state index contributed by atoms with van der Waals surface area (Å²) in [6.07, 6.45) is 8.01. The van der Waals surface area contributed by atoms with Gasteiger partial charge in [-0.25, -0.2) is 0 Å². The zero-order valence-corrected chi connectivity index (χ0v) is 13.0. The van der Waals surface area contributed by atoms with Crippen LogP contribution >= 0.6 is 0 Å². The highest BCUT2D eigenvalue weighted by molar-refractivity contribution is 6.10. The molecule has 1 atom stereocenters. The third-order valence-electron chi connectivity index (χ3n) is 5.61. The molecule has 108 valence electrons. The first-order valence-corrected chi connectivity index (χ1v) is 8.09. The molecule has 3 aromatic rings. The molecule has 22 heavy (non-hydrogen) atoms. The smallest absolute Gasteiger partial charge is 0.0468 e. The van der Waals surface area contributed by atoms with Crippen molar-refractivity contribution < 1.29 is 0 Å². The summed E-state index contributed by atoms with van der Waals surface area (Å²) in [6.45, 7) is 4.75. The summed E-state index contributed by atoms with van der Waals surface area (Å²) in [5, 5.41) is 2.80. The van der Waals surface area contributed by atoms with Crippen molar-refractivity contribution in [3.63, 3.8) is 0 Å². The third-order valence-corrected chi connectivity index (χ3v) is 5.61. The number of aromatic nitrogens is 1. The van der Waals surface area contributed by atoms with Crippen molar-refractivity contribution in [3.8, 4) is 0 Å². The number of aromatic amines is 1. The Morgan fingerprint density at radius 2 is 1.91 bits per heavy atom. The van der Waals surface area contributed by atoms with E-state index in [-0.39, 0.29) is 5.41 Å². The molecule has 2 aliphatic rings. The van der Waals surface area contributed by atoms with Crippen LogP contribution in [0.15, 0.2) is 60.2 Å². The van der Waals surface area contributed by atoms with Gasteiger partial charge in [0, 0.05) is 33.1 Å². The van der Waals surface area contributed by atoms with Gasteiger partial charge in [0.25, 0.3) is 0 Å². The Labute approximate surface area is 130 Å². The summed E-state index contributed by atoms with van der Waals surface area (Å²) in [6, 6.07) is 13.3. The number of benzene rings is 2. The van der Waals surface area contributed by atoms with Crippen molar-refractivity contribution in [2.75, 3.05) is 0 Å². The van der Waals surface area contributed by atoms with Crippen LogP contribution in [0.3, 0.4) is 0 Å². The van der Waals surface area contributed by atoms with E-state index >= 15 is 0 Å². The molecule has 1 nitrogen and oxygen atoms in total. The average Bonchev–Trinajstić information content (AvgIpc) is 3.02. The molecule has 0 spiro atoms. The van der Waals surface area contributed by atoms with Crippen molar-refractivity contribution in [3.05, 3.63) is 71.3 Å². The molecule has 2 aliphatic carbocycles. The maximum atomic E-state index is 3.59. The summed E-state index contributed by atoms with van der Waals surface area (Å²) < 4.78 is 0.